The Labute approximate surface area is 123 Å². The van der Waals surface area contributed by atoms with E-state index >= 15 is 0 Å². The molecule has 1 aliphatic rings. The molecule has 0 aromatic heterocycles. The van der Waals surface area contributed by atoms with Gasteiger partial charge in [0.15, 0.2) is 5.75 Å². The van der Waals surface area contributed by atoms with Crippen LogP contribution in [0.4, 0.5) is 10.1 Å². The van der Waals surface area contributed by atoms with Crippen molar-refractivity contribution in [3.63, 3.8) is 0 Å². The average Bonchev–Trinajstić information content (AvgIpc) is 2.86. The predicted molar refractivity (Wildman–Crippen MR) is 76.9 cm³/mol. The van der Waals surface area contributed by atoms with E-state index in [2.05, 4.69) is 5.32 Å². The molecule has 0 amide bonds. The van der Waals surface area contributed by atoms with E-state index in [4.69, 9.17) is 4.74 Å². The van der Waals surface area contributed by atoms with Gasteiger partial charge in [-0.05, 0) is 54.4 Å². The van der Waals surface area contributed by atoms with E-state index in [1.807, 2.05) is 0 Å². The number of halogens is 2. The van der Waals surface area contributed by atoms with Gasteiger partial charge in [0.05, 0.1) is 15.1 Å². The van der Waals surface area contributed by atoms with Crippen molar-refractivity contribution in [2.24, 2.45) is 5.92 Å². The highest BCUT2D eigenvalue weighted by molar-refractivity contribution is 14.1. The number of hydrogen-bond acceptors (Lipinski definition) is 4. The molecular formula is C12H14FIN2O3. The van der Waals surface area contributed by atoms with Crippen molar-refractivity contribution in [3.8, 4) is 5.75 Å². The van der Waals surface area contributed by atoms with Crippen LogP contribution in [0, 0.1) is 25.4 Å². The third-order valence-electron chi connectivity index (χ3n) is 3.14. The Bertz CT molecular complexity index is 478. The molecule has 1 fully saturated rings. The zero-order valence-corrected chi connectivity index (χ0v) is 12.4. The Morgan fingerprint density at radius 1 is 1.58 bits per heavy atom. The first kappa shape index (κ1) is 14.4. The zero-order chi connectivity index (χ0) is 13.8. The molecule has 0 saturated carbocycles. The number of nitro benzene ring substituents is 1. The van der Waals surface area contributed by atoms with Crippen LogP contribution in [0.2, 0.25) is 0 Å². The molecule has 7 heteroatoms. The van der Waals surface area contributed by atoms with Gasteiger partial charge in [0.1, 0.15) is 5.82 Å². The number of ether oxygens (including phenoxy) is 1. The van der Waals surface area contributed by atoms with Gasteiger partial charge in [0, 0.05) is 12.1 Å². The topological polar surface area (TPSA) is 64.4 Å². The molecule has 104 valence electrons. The minimum atomic E-state index is -0.548. The molecule has 0 radical (unpaired) electrons. The van der Waals surface area contributed by atoms with Crippen molar-refractivity contribution in [3.05, 3.63) is 31.6 Å². The summed E-state index contributed by atoms with van der Waals surface area (Å²) in [6, 6.07) is 2.29. The molecular weight excluding hydrogens is 366 g/mol. The second-order valence-electron chi connectivity index (χ2n) is 4.49. The average molecular weight is 380 g/mol. The lowest BCUT2D eigenvalue weighted by atomic mass is 10.1. The third kappa shape index (κ3) is 3.75. The number of benzene rings is 1. The lowest BCUT2D eigenvalue weighted by molar-refractivity contribution is -0.386. The molecule has 19 heavy (non-hydrogen) atoms. The van der Waals surface area contributed by atoms with Gasteiger partial charge in [-0.3, -0.25) is 10.1 Å². The number of rotatable bonds is 5. The van der Waals surface area contributed by atoms with Gasteiger partial charge >= 0.3 is 5.69 Å². The predicted octanol–water partition coefficient (Wildman–Crippen LogP) is 2.72. The molecule has 1 N–H and O–H groups in total. The summed E-state index contributed by atoms with van der Waals surface area (Å²) in [4.78, 5) is 10.3. The molecule has 1 aromatic carbocycles. The summed E-state index contributed by atoms with van der Waals surface area (Å²) < 4.78 is 19.0. The quantitative estimate of drug-likeness (QED) is 0.485. The summed E-state index contributed by atoms with van der Waals surface area (Å²) in [5.41, 5.74) is -0.185. The Morgan fingerprint density at radius 2 is 2.37 bits per heavy atom. The van der Waals surface area contributed by atoms with Gasteiger partial charge in [0.2, 0.25) is 0 Å². The fourth-order valence-electron chi connectivity index (χ4n) is 2.07. The van der Waals surface area contributed by atoms with Crippen LogP contribution in [0.3, 0.4) is 0 Å². The summed E-state index contributed by atoms with van der Waals surface area (Å²) in [5, 5.41) is 14.1. The highest BCUT2D eigenvalue weighted by Crippen LogP contribution is 2.31. The Hall–Kier alpha value is -0.960. The van der Waals surface area contributed by atoms with E-state index in [0.717, 1.165) is 32.0 Å². The van der Waals surface area contributed by atoms with E-state index in [0.29, 0.717) is 12.5 Å². The smallest absolute Gasteiger partial charge is 0.312 e. The standard InChI is InChI=1S/C12H14FIN2O3/c13-9-5-12(11(16(17)18)6-10(9)14)19-4-2-8-1-3-15-7-8/h5-6,8,15H,1-4,7H2. The minimum Gasteiger partial charge on any atom is -0.487 e. The fourth-order valence-corrected chi connectivity index (χ4v) is 2.52. The number of hydrogen-bond donors (Lipinski definition) is 1. The van der Waals surface area contributed by atoms with Crippen LogP contribution in [0.5, 0.6) is 5.75 Å². The highest BCUT2D eigenvalue weighted by Gasteiger charge is 2.20. The first-order valence-corrected chi connectivity index (χ1v) is 7.12. The van der Waals surface area contributed by atoms with E-state index in [-0.39, 0.29) is 15.0 Å². The molecule has 1 aromatic rings. The normalized spacial score (nSPS) is 18.5. The summed E-state index contributed by atoms with van der Waals surface area (Å²) in [5.74, 6) is 0.0466. The van der Waals surface area contributed by atoms with Crippen molar-refractivity contribution < 1.29 is 14.1 Å². The zero-order valence-electron chi connectivity index (χ0n) is 10.2. The summed E-state index contributed by atoms with van der Waals surface area (Å²) in [7, 11) is 0. The van der Waals surface area contributed by atoms with Crippen LogP contribution in [-0.2, 0) is 0 Å². The van der Waals surface area contributed by atoms with Gasteiger partial charge < -0.3 is 10.1 Å². The third-order valence-corrected chi connectivity index (χ3v) is 3.97. The molecule has 1 aliphatic heterocycles. The van der Waals surface area contributed by atoms with Gasteiger partial charge in [0.25, 0.3) is 0 Å². The maximum absolute atomic E-state index is 13.4. The van der Waals surface area contributed by atoms with E-state index in [1.54, 1.807) is 22.6 Å². The first-order chi connectivity index (χ1) is 9.08. The molecule has 1 heterocycles. The van der Waals surface area contributed by atoms with Crippen molar-refractivity contribution >= 4 is 28.3 Å². The Balaban J connectivity index is 2.01. The van der Waals surface area contributed by atoms with E-state index < -0.39 is 10.7 Å². The molecule has 2 rings (SSSR count). The van der Waals surface area contributed by atoms with E-state index in [1.165, 1.54) is 6.07 Å². The van der Waals surface area contributed by atoms with Crippen LogP contribution in [0.15, 0.2) is 12.1 Å². The molecule has 1 unspecified atom stereocenters. The Morgan fingerprint density at radius 3 is 3.00 bits per heavy atom. The monoisotopic (exact) mass is 380 g/mol. The molecule has 0 spiro atoms. The minimum absolute atomic E-state index is 0.00821. The number of nitrogens with zero attached hydrogens (tertiary/aromatic N) is 1. The van der Waals surface area contributed by atoms with Crippen LogP contribution in [0.25, 0.3) is 0 Å². The number of nitro groups is 1. The van der Waals surface area contributed by atoms with Crippen LogP contribution < -0.4 is 10.1 Å². The van der Waals surface area contributed by atoms with E-state index in [9.17, 15) is 14.5 Å². The van der Waals surface area contributed by atoms with Gasteiger partial charge in [-0.25, -0.2) is 4.39 Å². The number of nitrogens with one attached hydrogen (secondary N) is 1. The first-order valence-electron chi connectivity index (χ1n) is 6.05. The Kier molecular flexibility index (Phi) is 4.92. The molecule has 1 atom stereocenters. The second kappa shape index (κ2) is 6.47. The second-order valence-corrected chi connectivity index (χ2v) is 5.65. The summed E-state index contributed by atoms with van der Waals surface area (Å²) in [6.45, 7) is 2.32. The highest BCUT2D eigenvalue weighted by atomic mass is 127. The lowest BCUT2D eigenvalue weighted by Gasteiger charge is -2.10. The maximum Gasteiger partial charge on any atom is 0.312 e. The molecule has 0 bridgehead atoms. The SMILES string of the molecule is O=[N+]([O-])c1cc(I)c(F)cc1OCCC1CCNC1. The lowest BCUT2D eigenvalue weighted by Crippen LogP contribution is -2.12. The maximum atomic E-state index is 13.4. The van der Waals surface area contributed by atoms with Gasteiger partial charge in [-0.1, -0.05) is 0 Å². The van der Waals surface area contributed by atoms with Crippen LogP contribution in [0.1, 0.15) is 12.8 Å². The van der Waals surface area contributed by atoms with Crippen LogP contribution in [-0.4, -0.2) is 24.6 Å². The van der Waals surface area contributed by atoms with Crippen molar-refractivity contribution in [1.29, 1.82) is 0 Å². The van der Waals surface area contributed by atoms with Gasteiger partial charge in [-0.2, -0.15) is 0 Å². The fraction of sp³-hybridized carbons (Fsp3) is 0.500. The summed E-state index contributed by atoms with van der Waals surface area (Å²) in [6.07, 6.45) is 1.91. The van der Waals surface area contributed by atoms with Crippen molar-refractivity contribution in [2.75, 3.05) is 19.7 Å². The molecule has 0 aliphatic carbocycles. The van der Waals surface area contributed by atoms with Crippen molar-refractivity contribution in [2.45, 2.75) is 12.8 Å². The van der Waals surface area contributed by atoms with Crippen molar-refractivity contribution in [1.82, 2.24) is 5.32 Å². The molecule has 5 nitrogen and oxygen atoms in total. The molecule has 1 saturated heterocycles. The summed E-state index contributed by atoms with van der Waals surface area (Å²) >= 11 is 1.73. The van der Waals surface area contributed by atoms with Gasteiger partial charge in [-0.15, -0.1) is 0 Å². The largest absolute Gasteiger partial charge is 0.487 e. The van der Waals surface area contributed by atoms with Crippen LogP contribution >= 0.6 is 22.6 Å².